The number of halogens is 3. The van der Waals surface area contributed by atoms with Crippen LogP contribution in [-0.4, -0.2) is 43.4 Å². The molecule has 0 saturated carbocycles. The second kappa shape index (κ2) is 4.83. The van der Waals surface area contributed by atoms with E-state index in [2.05, 4.69) is 10.2 Å². The van der Waals surface area contributed by atoms with Crippen molar-refractivity contribution in [3.05, 3.63) is 18.0 Å². The van der Waals surface area contributed by atoms with Crippen LogP contribution in [0.15, 0.2) is 17.4 Å². The quantitative estimate of drug-likeness (QED) is 0.902. The van der Waals surface area contributed by atoms with E-state index in [0.29, 0.717) is 5.69 Å². The fourth-order valence-corrected chi connectivity index (χ4v) is 2.24. The lowest BCUT2D eigenvalue weighted by molar-refractivity contribution is -0.303. The van der Waals surface area contributed by atoms with Gasteiger partial charge in [0, 0.05) is 24.0 Å². The number of aromatic nitrogens is 2. The zero-order valence-electron chi connectivity index (χ0n) is 11.7. The lowest BCUT2D eigenvalue weighted by Crippen LogP contribution is -2.57. The molecule has 2 atom stereocenters. The maximum absolute atomic E-state index is 13.1. The Hall–Kier alpha value is -1.90. The third-order valence-electron chi connectivity index (χ3n) is 3.38. The third kappa shape index (κ3) is 2.41. The van der Waals surface area contributed by atoms with Gasteiger partial charge in [0.2, 0.25) is 0 Å². The standard InChI is InChI=1S/C12H15F3N4O2/c1-7-6-11(21,12(13,14)15)19(17-7)10(20)9(3)18-8(2)4-5-16-18/h4-5,9,21H,6H2,1-3H3/t9-,11+/m0/s1. The van der Waals surface area contributed by atoms with Crippen LogP contribution in [0, 0.1) is 6.92 Å². The maximum Gasteiger partial charge on any atom is 0.438 e. The van der Waals surface area contributed by atoms with Gasteiger partial charge in [-0.2, -0.15) is 28.4 Å². The molecule has 0 fully saturated rings. The summed E-state index contributed by atoms with van der Waals surface area (Å²) in [4.78, 5) is 12.3. The molecule has 2 heterocycles. The second-order valence-corrected chi connectivity index (χ2v) is 5.07. The van der Waals surface area contributed by atoms with Crippen molar-refractivity contribution in [2.75, 3.05) is 0 Å². The highest BCUT2D eigenvalue weighted by molar-refractivity contribution is 5.90. The molecule has 1 aliphatic heterocycles. The van der Waals surface area contributed by atoms with E-state index in [9.17, 15) is 23.1 Å². The highest BCUT2D eigenvalue weighted by atomic mass is 19.4. The van der Waals surface area contributed by atoms with Crippen LogP contribution < -0.4 is 0 Å². The van der Waals surface area contributed by atoms with Gasteiger partial charge in [-0.25, -0.2) is 0 Å². The molecule has 116 valence electrons. The number of hydrogen-bond acceptors (Lipinski definition) is 4. The highest BCUT2D eigenvalue weighted by Crippen LogP contribution is 2.41. The minimum absolute atomic E-state index is 0.0348. The van der Waals surface area contributed by atoms with Gasteiger partial charge in [-0.15, -0.1) is 0 Å². The number of aryl methyl sites for hydroxylation is 1. The Bertz CT molecular complexity index is 596. The van der Waals surface area contributed by atoms with Crippen molar-refractivity contribution in [3.8, 4) is 0 Å². The van der Waals surface area contributed by atoms with Gasteiger partial charge in [0.1, 0.15) is 6.04 Å². The van der Waals surface area contributed by atoms with Crippen LogP contribution >= 0.6 is 0 Å². The Morgan fingerprint density at radius 2 is 2.10 bits per heavy atom. The molecule has 21 heavy (non-hydrogen) atoms. The number of hydrogen-bond donors (Lipinski definition) is 1. The monoisotopic (exact) mass is 304 g/mol. The summed E-state index contributed by atoms with van der Waals surface area (Å²) in [5.74, 6) is -0.974. The lowest BCUT2D eigenvalue weighted by Gasteiger charge is -2.34. The number of carbonyl (C=O) groups excluding carboxylic acids is 1. The van der Waals surface area contributed by atoms with E-state index in [-0.39, 0.29) is 10.7 Å². The topological polar surface area (TPSA) is 70.7 Å². The first-order chi connectivity index (χ1) is 9.58. The Morgan fingerprint density at radius 3 is 2.57 bits per heavy atom. The molecule has 6 nitrogen and oxygen atoms in total. The van der Waals surface area contributed by atoms with Crippen molar-refractivity contribution >= 4 is 11.6 Å². The fraction of sp³-hybridized carbons (Fsp3) is 0.583. The average Bonchev–Trinajstić information content (AvgIpc) is 2.91. The van der Waals surface area contributed by atoms with Crippen molar-refractivity contribution < 1.29 is 23.1 Å². The van der Waals surface area contributed by atoms with Gasteiger partial charge < -0.3 is 5.11 Å². The zero-order valence-corrected chi connectivity index (χ0v) is 11.7. The summed E-state index contributed by atoms with van der Waals surface area (Å²) in [6.07, 6.45) is -4.32. The van der Waals surface area contributed by atoms with Crippen molar-refractivity contribution in [2.24, 2.45) is 5.10 Å². The predicted octanol–water partition coefficient (Wildman–Crippen LogP) is 1.61. The van der Waals surface area contributed by atoms with E-state index in [0.717, 1.165) is 0 Å². The van der Waals surface area contributed by atoms with Crippen LogP contribution in [-0.2, 0) is 4.79 Å². The number of amides is 1. The first kappa shape index (κ1) is 15.5. The number of alkyl halides is 3. The SMILES string of the molecule is CC1=NN(C(=O)[C@H](C)n2nccc2C)[C@](O)(C(F)(F)F)C1. The first-order valence-corrected chi connectivity index (χ1v) is 6.25. The number of rotatable bonds is 2. The Kier molecular flexibility index (Phi) is 3.56. The molecule has 2 rings (SSSR count). The molecular weight excluding hydrogens is 289 g/mol. The average molecular weight is 304 g/mol. The molecule has 0 aliphatic carbocycles. The molecule has 0 radical (unpaired) electrons. The molecular formula is C12H15F3N4O2. The van der Waals surface area contributed by atoms with Crippen LogP contribution in [0.4, 0.5) is 13.2 Å². The second-order valence-electron chi connectivity index (χ2n) is 5.07. The van der Waals surface area contributed by atoms with Crippen molar-refractivity contribution in [1.82, 2.24) is 14.8 Å². The molecule has 0 spiro atoms. The van der Waals surface area contributed by atoms with Gasteiger partial charge in [0.05, 0.1) is 0 Å². The maximum atomic E-state index is 13.1. The van der Waals surface area contributed by atoms with Gasteiger partial charge in [0.25, 0.3) is 11.6 Å². The van der Waals surface area contributed by atoms with Crippen molar-refractivity contribution in [1.29, 1.82) is 0 Å². The zero-order chi connectivity index (χ0) is 16.0. The molecule has 1 N–H and O–H groups in total. The summed E-state index contributed by atoms with van der Waals surface area (Å²) in [7, 11) is 0. The molecule has 1 aromatic heterocycles. The van der Waals surface area contributed by atoms with E-state index < -0.39 is 30.3 Å². The minimum atomic E-state index is -5.00. The van der Waals surface area contributed by atoms with Gasteiger partial charge in [-0.3, -0.25) is 9.48 Å². The number of hydrazone groups is 1. The van der Waals surface area contributed by atoms with Crippen molar-refractivity contribution in [2.45, 2.75) is 45.1 Å². The Balaban J connectivity index is 2.35. The van der Waals surface area contributed by atoms with E-state index in [1.165, 1.54) is 24.7 Å². The van der Waals surface area contributed by atoms with E-state index in [1.54, 1.807) is 13.0 Å². The molecule has 1 aromatic rings. The summed E-state index contributed by atoms with van der Waals surface area (Å²) in [5, 5.41) is 17.5. The number of aliphatic hydroxyl groups is 1. The fourth-order valence-electron chi connectivity index (χ4n) is 2.24. The molecule has 0 saturated heterocycles. The lowest BCUT2D eigenvalue weighted by atomic mass is 10.1. The number of nitrogens with zero attached hydrogens (tertiary/aromatic N) is 4. The molecule has 0 unspecified atom stereocenters. The predicted molar refractivity (Wildman–Crippen MR) is 67.3 cm³/mol. The van der Waals surface area contributed by atoms with E-state index >= 15 is 0 Å². The molecule has 1 amide bonds. The summed E-state index contributed by atoms with van der Waals surface area (Å²) in [5.41, 5.74) is -2.65. The molecule has 0 bridgehead atoms. The van der Waals surface area contributed by atoms with Crippen LogP contribution in [0.3, 0.4) is 0 Å². The Labute approximate surface area is 118 Å². The normalized spacial score (nSPS) is 24.1. The van der Waals surface area contributed by atoms with E-state index in [4.69, 9.17) is 0 Å². The Morgan fingerprint density at radius 1 is 1.48 bits per heavy atom. The van der Waals surface area contributed by atoms with Gasteiger partial charge in [0.15, 0.2) is 0 Å². The van der Waals surface area contributed by atoms with Crippen LogP contribution in [0.1, 0.15) is 32.0 Å². The van der Waals surface area contributed by atoms with Crippen molar-refractivity contribution in [3.63, 3.8) is 0 Å². The first-order valence-electron chi connectivity index (χ1n) is 6.25. The van der Waals surface area contributed by atoms with Gasteiger partial charge in [-0.1, -0.05) is 0 Å². The van der Waals surface area contributed by atoms with Gasteiger partial charge in [-0.05, 0) is 26.8 Å². The minimum Gasteiger partial charge on any atom is -0.362 e. The molecule has 1 aliphatic rings. The number of carbonyl (C=O) groups is 1. The summed E-state index contributed by atoms with van der Waals surface area (Å²) in [6, 6.07) is 0.613. The molecule has 9 heteroatoms. The summed E-state index contributed by atoms with van der Waals surface area (Å²) >= 11 is 0. The van der Waals surface area contributed by atoms with Crippen LogP contribution in [0.2, 0.25) is 0 Å². The largest absolute Gasteiger partial charge is 0.438 e. The molecule has 0 aromatic carbocycles. The smallest absolute Gasteiger partial charge is 0.362 e. The van der Waals surface area contributed by atoms with Crippen LogP contribution in [0.5, 0.6) is 0 Å². The van der Waals surface area contributed by atoms with Gasteiger partial charge >= 0.3 is 6.18 Å². The third-order valence-corrected chi connectivity index (χ3v) is 3.38. The summed E-state index contributed by atoms with van der Waals surface area (Å²) < 4.78 is 40.5. The summed E-state index contributed by atoms with van der Waals surface area (Å²) in [6.45, 7) is 4.40. The van der Waals surface area contributed by atoms with Crippen LogP contribution in [0.25, 0.3) is 0 Å². The highest BCUT2D eigenvalue weighted by Gasteiger charge is 2.63. The van der Waals surface area contributed by atoms with E-state index in [1.807, 2.05) is 0 Å².